The zero-order chi connectivity index (χ0) is 25.4. The molecule has 0 saturated heterocycles. The van der Waals surface area contributed by atoms with Crippen LogP contribution in [-0.2, 0) is 20.5 Å². The Morgan fingerprint density at radius 2 is 2.00 bits per heavy atom. The average Bonchev–Trinajstić information content (AvgIpc) is 3.08. The van der Waals surface area contributed by atoms with Crippen molar-refractivity contribution in [2.75, 3.05) is 20.6 Å². The van der Waals surface area contributed by atoms with Crippen molar-refractivity contribution in [3.8, 4) is 5.75 Å². The fourth-order valence-corrected chi connectivity index (χ4v) is 7.90. The quantitative estimate of drug-likeness (QED) is 0.346. The van der Waals surface area contributed by atoms with Gasteiger partial charge in [0.15, 0.2) is 0 Å². The summed E-state index contributed by atoms with van der Waals surface area (Å²) < 4.78 is 22.4. The van der Waals surface area contributed by atoms with Crippen LogP contribution in [0.25, 0.3) is 0 Å². The van der Waals surface area contributed by atoms with Crippen molar-refractivity contribution in [3.05, 3.63) is 29.3 Å². The summed E-state index contributed by atoms with van der Waals surface area (Å²) in [6, 6.07) is 5.57. The molecule has 2 fully saturated rings. The zero-order valence-electron chi connectivity index (χ0n) is 21.6. The number of ether oxygens (including phenoxy) is 1. The van der Waals surface area contributed by atoms with Gasteiger partial charge in [-0.05, 0) is 106 Å². The van der Waals surface area contributed by atoms with Crippen molar-refractivity contribution in [1.29, 1.82) is 0 Å². The van der Waals surface area contributed by atoms with E-state index in [0.717, 1.165) is 57.9 Å². The van der Waals surface area contributed by atoms with Gasteiger partial charge in [0.1, 0.15) is 11.9 Å². The van der Waals surface area contributed by atoms with Gasteiger partial charge in [0.25, 0.3) is 0 Å². The number of hydrogen-bond donors (Lipinski definition) is 2. The molecule has 0 unspecified atom stereocenters. The van der Waals surface area contributed by atoms with Crippen LogP contribution in [0.15, 0.2) is 18.2 Å². The smallest absolute Gasteiger partial charge is 0.462 e. The number of carbonyl (C=O) groups is 1. The summed E-state index contributed by atoms with van der Waals surface area (Å²) in [4.78, 5) is 33.2. The molecule has 0 bridgehead atoms. The summed E-state index contributed by atoms with van der Waals surface area (Å²) in [6.45, 7) is 5.48. The van der Waals surface area contributed by atoms with Crippen LogP contribution in [0.3, 0.4) is 0 Å². The molecule has 2 N–H and O–H groups in total. The SMILES string of the molecule is CCC[C@@H]1Cc2cc(OP(=O)(O)O)ccc2[C@H]2CC[C@]3(C)[C@@H](OC(=O)CCCN(C)C)CC[C@H]3[C@H]12. The molecule has 6 atom stereocenters. The summed E-state index contributed by atoms with van der Waals surface area (Å²) in [5.41, 5.74) is 2.50. The molecule has 7 nitrogen and oxygen atoms in total. The van der Waals surface area contributed by atoms with Crippen molar-refractivity contribution >= 4 is 13.8 Å². The van der Waals surface area contributed by atoms with Crippen molar-refractivity contribution in [3.63, 3.8) is 0 Å². The van der Waals surface area contributed by atoms with Crippen LogP contribution in [0.5, 0.6) is 5.75 Å². The third-order valence-corrected chi connectivity index (χ3v) is 9.38. The van der Waals surface area contributed by atoms with Gasteiger partial charge in [-0.3, -0.25) is 14.6 Å². The molecule has 0 heterocycles. The lowest BCUT2D eigenvalue weighted by Crippen LogP contribution is -2.48. The van der Waals surface area contributed by atoms with Gasteiger partial charge >= 0.3 is 13.8 Å². The summed E-state index contributed by atoms with van der Waals surface area (Å²) in [5, 5.41) is 0. The van der Waals surface area contributed by atoms with E-state index in [1.54, 1.807) is 6.07 Å². The Bertz CT molecular complexity index is 961. The maximum absolute atomic E-state index is 12.6. The third kappa shape index (κ3) is 5.79. The van der Waals surface area contributed by atoms with E-state index >= 15 is 0 Å². The lowest BCUT2D eigenvalue weighted by molar-refractivity contribution is -0.158. The number of fused-ring (bicyclic) bond motifs is 5. The minimum Gasteiger partial charge on any atom is -0.462 e. The number of hydrogen-bond acceptors (Lipinski definition) is 5. The molecule has 35 heavy (non-hydrogen) atoms. The summed E-state index contributed by atoms with van der Waals surface area (Å²) in [6.07, 6.45) is 8.59. The maximum atomic E-state index is 12.6. The van der Waals surface area contributed by atoms with Gasteiger partial charge in [-0.2, -0.15) is 0 Å². The second-order valence-electron chi connectivity index (χ2n) is 11.5. The Hall–Kier alpha value is -1.40. The van der Waals surface area contributed by atoms with Crippen molar-refractivity contribution in [2.24, 2.45) is 23.2 Å². The molecule has 8 heteroatoms. The lowest BCUT2D eigenvalue weighted by atomic mass is 9.52. The number of esters is 1. The van der Waals surface area contributed by atoms with Gasteiger partial charge in [0, 0.05) is 11.8 Å². The number of phosphoric ester groups is 1. The van der Waals surface area contributed by atoms with Crippen molar-refractivity contribution in [2.45, 2.75) is 83.7 Å². The molecule has 0 amide bonds. The lowest BCUT2D eigenvalue weighted by Gasteiger charge is -2.53. The van der Waals surface area contributed by atoms with Gasteiger partial charge in [-0.1, -0.05) is 32.8 Å². The third-order valence-electron chi connectivity index (χ3n) is 8.93. The van der Waals surface area contributed by atoms with E-state index in [1.165, 1.54) is 11.1 Å². The van der Waals surface area contributed by atoms with Gasteiger partial charge in [-0.15, -0.1) is 0 Å². The Kier molecular flexibility index (Phi) is 8.02. The second kappa shape index (κ2) is 10.5. The van der Waals surface area contributed by atoms with Crippen LogP contribution in [0.1, 0.15) is 82.3 Å². The Morgan fingerprint density at radius 3 is 2.69 bits per heavy atom. The van der Waals surface area contributed by atoms with Crippen molar-refractivity contribution in [1.82, 2.24) is 4.90 Å². The minimum atomic E-state index is -4.58. The molecule has 0 aromatic heterocycles. The zero-order valence-corrected chi connectivity index (χ0v) is 22.5. The summed E-state index contributed by atoms with van der Waals surface area (Å²) in [7, 11) is -0.538. The number of benzene rings is 1. The fourth-order valence-electron chi connectivity index (χ4n) is 7.52. The highest BCUT2D eigenvalue weighted by atomic mass is 31.2. The Labute approximate surface area is 209 Å². The van der Waals surface area contributed by atoms with Crippen LogP contribution in [0.2, 0.25) is 0 Å². The molecule has 4 rings (SSSR count). The molecule has 3 aliphatic carbocycles. The van der Waals surface area contributed by atoms with E-state index in [2.05, 4.69) is 18.7 Å². The second-order valence-corrected chi connectivity index (χ2v) is 12.7. The first kappa shape index (κ1) is 26.7. The van der Waals surface area contributed by atoms with E-state index in [-0.39, 0.29) is 23.2 Å². The molecule has 1 aromatic carbocycles. The topological polar surface area (TPSA) is 96.3 Å². The Balaban J connectivity index is 1.53. The number of nitrogens with zero attached hydrogens (tertiary/aromatic N) is 1. The Morgan fingerprint density at radius 1 is 1.23 bits per heavy atom. The predicted molar refractivity (Wildman–Crippen MR) is 135 cm³/mol. The molecular weight excluding hydrogens is 465 g/mol. The minimum absolute atomic E-state index is 0.00279. The first-order valence-electron chi connectivity index (χ1n) is 13.2. The number of rotatable bonds is 9. The highest BCUT2D eigenvalue weighted by Gasteiger charge is 2.58. The molecule has 3 aliphatic rings. The van der Waals surface area contributed by atoms with E-state index in [1.807, 2.05) is 26.2 Å². The monoisotopic (exact) mass is 507 g/mol. The van der Waals surface area contributed by atoms with Crippen LogP contribution in [-0.4, -0.2) is 47.4 Å². The molecule has 2 saturated carbocycles. The van der Waals surface area contributed by atoms with Crippen LogP contribution in [0, 0.1) is 23.2 Å². The summed E-state index contributed by atoms with van der Waals surface area (Å²) >= 11 is 0. The molecule has 196 valence electrons. The van der Waals surface area contributed by atoms with E-state index in [9.17, 15) is 19.1 Å². The van der Waals surface area contributed by atoms with Gasteiger partial charge in [-0.25, -0.2) is 4.57 Å². The largest absolute Gasteiger partial charge is 0.524 e. The van der Waals surface area contributed by atoms with E-state index in [4.69, 9.17) is 9.26 Å². The van der Waals surface area contributed by atoms with E-state index < -0.39 is 7.82 Å². The number of phosphoric acid groups is 1. The highest BCUT2D eigenvalue weighted by Crippen LogP contribution is 2.63. The van der Waals surface area contributed by atoms with Gasteiger partial charge < -0.3 is 14.2 Å². The van der Waals surface area contributed by atoms with E-state index in [0.29, 0.717) is 30.1 Å². The average molecular weight is 508 g/mol. The first-order valence-corrected chi connectivity index (χ1v) is 14.8. The first-order chi connectivity index (χ1) is 16.5. The van der Waals surface area contributed by atoms with Crippen LogP contribution < -0.4 is 4.52 Å². The van der Waals surface area contributed by atoms with Crippen molar-refractivity contribution < 1.29 is 28.4 Å². The molecule has 0 aliphatic heterocycles. The number of carbonyl (C=O) groups excluding carboxylic acids is 1. The highest BCUT2D eigenvalue weighted by molar-refractivity contribution is 7.46. The molecule has 1 aromatic rings. The molecule has 0 radical (unpaired) electrons. The maximum Gasteiger partial charge on any atom is 0.524 e. The molecular formula is C27H42NO6P. The van der Waals surface area contributed by atoms with Gasteiger partial charge in [0.2, 0.25) is 0 Å². The van der Waals surface area contributed by atoms with Gasteiger partial charge in [0.05, 0.1) is 0 Å². The standard InChI is InChI=1S/C27H42NO6P/c1-5-7-18-16-19-17-20(34-35(30,31)32)9-10-21(19)22-13-14-27(2)23(26(18)22)11-12-24(27)33-25(29)8-6-15-28(3)4/h9-10,17-18,22-24,26H,5-8,11-16H2,1-4H3,(H2,30,31,32)/t18-,22-,23+,24+,26-,27+/m1/s1. The predicted octanol–water partition coefficient (Wildman–Crippen LogP) is 5.29. The molecule has 0 spiro atoms. The normalized spacial score (nSPS) is 32.0. The fraction of sp³-hybridized carbons (Fsp3) is 0.741. The van der Waals surface area contributed by atoms with Crippen LogP contribution in [0.4, 0.5) is 0 Å². The van der Waals surface area contributed by atoms with Crippen LogP contribution >= 0.6 is 7.82 Å². The summed E-state index contributed by atoms with van der Waals surface area (Å²) in [5.74, 6) is 2.21.